The Morgan fingerprint density at radius 3 is 2.27 bits per heavy atom. The number of benzene rings is 1. The van der Waals surface area contributed by atoms with E-state index in [1.807, 2.05) is 19.1 Å². The molecule has 0 fully saturated rings. The van der Waals surface area contributed by atoms with E-state index in [1.54, 1.807) is 12.1 Å². The molecule has 0 radical (unpaired) electrons. The lowest BCUT2D eigenvalue weighted by molar-refractivity contribution is -0.137. The number of aryl methyl sites for hydroxylation is 1. The van der Waals surface area contributed by atoms with Gasteiger partial charge in [-0.2, -0.15) is 0 Å². The molecule has 0 bridgehead atoms. The van der Waals surface area contributed by atoms with Gasteiger partial charge < -0.3 is 20.6 Å². The third-order valence-electron chi connectivity index (χ3n) is 3.01. The molecule has 0 spiro atoms. The highest BCUT2D eigenvalue weighted by atomic mass is 16.4. The predicted molar refractivity (Wildman–Crippen MR) is 81.8 cm³/mol. The summed E-state index contributed by atoms with van der Waals surface area (Å²) in [5.74, 6) is -1.15. The molecule has 0 aliphatic carbocycles. The van der Waals surface area contributed by atoms with Crippen molar-refractivity contribution < 1.29 is 19.5 Å². The van der Waals surface area contributed by atoms with Crippen molar-refractivity contribution in [3.63, 3.8) is 0 Å². The summed E-state index contributed by atoms with van der Waals surface area (Å²) in [6.07, 6.45) is -0.103. The van der Waals surface area contributed by atoms with Gasteiger partial charge in [0.25, 0.3) is 5.91 Å². The maximum atomic E-state index is 11.8. The Balaban J connectivity index is 2.24. The highest BCUT2D eigenvalue weighted by molar-refractivity contribution is 5.94. The van der Waals surface area contributed by atoms with E-state index in [2.05, 4.69) is 10.6 Å². The SMILES string of the molecule is Cc1ccc(C(=O)NCCNC(=O)N(C)CCC(=O)O)cc1. The van der Waals surface area contributed by atoms with E-state index in [0.717, 1.165) is 5.56 Å². The normalized spacial score (nSPS) is 9.91. The summed E-state index contributed by atoms with van der Waals surface area (Å²) in [5.41, 5.74) is 1.64. The zero-order valence-electron chi connectivity index (χ0n) is 12.8. The monoisotopic (exact) mass is 307 g/mol. The van der Waals surface area contributed by atoms with Crippen LogP contribution in [0.3, 0.4) is 0 Å². The van der Waals surface area contributed by atoms with Crippen LogP contribution in [0.1, 0.15) is 22.3 Å². The third kappa shape index (κ3) is 6.25. The van der Waals surface area contributed by atoms with Crippen LogP contribution < -0.4 is 10.6 Å². The Kier molecular flexibility index (Phi) is 6.88. The predicted octanol–water partition coefficient (Wildman–Crippen LogP) is 0.841. The summed E-state index contributed by atoms with van der Waals surface area (Å²) >= 11 is 0. The van der Waals surface area contributed by atoms with Gasteiger partial charge in [0, 0.05) is 32.2 Å². The number of amides is 3. The van der Waals surface area contributed by atoms with E-state index in [9.17, 15) is 14.4 Å². The van der Waals surface area contributed by atoms with E-state index in [0.29, 0.717) is 12.1 Å². The second-order valence-corrected chi connectivity index (χ2v) is 4.92. The fourth-order valence-corrected chi connectivity index (χ4v) is 1.65. The van der Waals surface area contributed by atoms with Crippen molar-refractivity contribution in [2.75, 3.05) is 26.7 Å². The quantitative estimate of drug-likeness (QED) is 0.650. The van der Waals surface area contributed by atoms with Gasteiger partial charge in [-0.25, -0.2) is 4.79 Å². The number of nitrogens with zero attached hydrogens (tertiary/aromatic N) is 1. The molecule has 22 heavy (non-hydrogen) atoms. The van der Waals surface area contributed by atoms with Crippen LogP contribution in [0.2, 0.25) is 0 Å². The van der Waals surface area contributed by atoms with Crippen LogP contribution in [0.4, 0.5) is 4.79 Å². The Labute approximate surface area is 129 Å². The topological polar surface area (TPSA) is 98.7 Å². The molecular formula is C15H21N3O4. The Bertz CT molecular complexity index is 528. The zero-order chi connectivity index (χ0) is 16.5. The van der Waals surface area contributed by atoms with E-state index < -0.39 is 5.97 Å². The van der Waals surface area contributed by atoms with Crippen LogP contribution in [0.15, 0.2) is 24.3 Å². The van der Waals surface area contributed by atoms with Crippen molar-refractivity contribution in [3.05, 3.63) is 35.4 Å². The Morgan fingerprint density at radius 2 is 1.68 bits per heavy atom. The Hall–Kier alpha value is -2.57. The minimum atomic E-state index is -0.954. The molecule has 0 saturated heterocycles. The van der Waals surface area contributed by atoms with Crippen molar-refractivity contribution in [2.24, 2.45) is 0 Å². The summed E-state index contributed by atoms with van der Waals surface area (Å²) in [6, 6.07) is 6.82. The molecule has 1 aromatic carbocycles. The molecule has 0 aromatic heterocycles. The molecule has 1 aromatic rings. The smallest absolute Gasteiger partial charge is 0.317 e. The van der Waals surface area contributed by atoms with Gasteiger partial charge >= 0.3 is 12.0 Å². The van der Waals surface area contributed by atoms with Crippen LogP contribution in [-0.4, -0.2) is 54.6 Å². The number of hydrogen-bond acceptors (Lipinski definition) is 3. The van der Waals surface area contributed by atoms with Crippen LogP contribution >= 0.6 is 0 Å². The van der Waals surface area contributed by atoms with E-state index in [4.69, 9.17) is 5.11 Å². The van der Waals surface area contributed by atoms with Gasteiger partial charge in [-0.1, -0.05) is 17.7 Å². The lowest BCUT2D eigenvalue weighted by Crippen LogP contribution is -2.41. The number of urea groups is 1. The molecule has 120 valence electrons. The Morgan fingerprint density at radius 1 is 1.09 bits per heavy atom. The van der Waals surface area contributed by atoms with Gasteiger partial charge in [0.1, 0.15) is 0 Å². The summed E-state index contributed by atoms with van der Waals surface area (Å²) in [6.45, 7) is 2.65. The minimum absolute atomic E-state index is 0.103. The average molecular weight is 307 g/mol. The average Bonchev–Trinajstić information content (AvgIpc) is 2.49. The fraction of sp³-hybridized carbons (Fsp3) is 0.400. The van der Waals surface area contributed by atoms with Crippen molar-refractivity contribution in [3.8, 4) is 0 Å². The van der Waals surface area contributed by atoms with E-state index in [1.165, 1.54) is 11.9 Å². The highest BCUT2D eigenvalue weighted by Crippen LogP contribution is 2.02. The molecule has 0 saturated carbocycles. The first kappa shape index (κ1) is 17.5. The number of hydrogen-bond donors (Lipinski definition) is 3. The van der Waals surface area contributed by atoms with Crippen LogP contribution in [0.5, 0.6) is 0 Å². The van der Waals surface area contributed by atoms with Gasteiger partial charge in [-0.05, 0) is 19.1 Å². The lowest BCUT2D eigenvalue weighted by atomic mass is 10.1. The maximum Gasteiger partial charge on any atom is 0.317 e. The molecule has 3 amide bonds. The second-order valence-electron chi connectivity index (χ2n) is 4.92. The molecule has 0 unspecified atom stereocenters. The van der Waals surface area contributed by atoms with Gasteiger partial charge in [-0.15, -0.1) is 0 Å². The fourth-order valence-electron chi connectivity index (χ4n) is 1.65. The van der Waals surface area contributed by atoms with E-state index >= 15 is 0 Å². The summed E-state index contributed by atoms with van der Waals surface area (Å²) in [7, 11) is 1.52. The number of carboxylic acids is 1. The van der Waals surface area contributed by atoms with E-state index in [-0.39, 0.29) is 31.4 Å². The number of carbonyl (C=O) groups excluding carboxylic acids is 2. The molecule has 7 nitrogen and oxygen atoms in total. The molecule has 0 aliphatic rings. The van der Waals surface area contributed by atoms with Crippen molar-refractivity contribution in [1.29, 1.82) is 0 Å². The lowest BCUT2D eigenvalue weighted by Gasteiger charge is -2.17. The van der Waals surface area contributed by atoms with Crippen molar-refractivity contribution >= 4 is 17.9 Å². The number of carbonyl (C=O) groups is 3. The largest absolute Gasteiger partial charge is 0.481 e. The van der Waals surface area contributed by atoms with Gasteiger partial charge in [0.05, 0.1) is 6.42 Å². The standard InChI is InChI=1S/C15H21N3O4/c1-11-3-5-12(6-4-11)14(21)16-8-9-17-15(22)18(2)10-7-13(19)20/h3-6H,7-10H2,1-2H3,(H,16,21)(H,17,22)(H,19,20). The summed E-state index contributed by atoms with van der Waals surface area (Å²) < 4.78 is 0. The highest BCUT2D eigenvalue weighted by Gasteiger charge is 2.09. The molecule has 0 heterocycles. The second kappa shape index (κ2) is 8.66. The van der Waals surface area contributed by atoms with Crippen molar-refractivity contribution in [2.45, 2.75) is 13.3 Å². The van der Waals surface area contributed by atoms with Crippen LogP contribution in [0, 0.1) is 6.92 Å². The van der Waals surface area contributed by atoms with Crippen LogP contribution in [-0.2, 0) is 4.79 Å². The van der Waals surface area contributed by atoms with Gasteiger partial charge in [0.15, 0.2) is 0 Å². The van der Waals surface area contributed by atoms with Crippen molar-refractivity contribution in [1.82, 2.24) is 15.5 Å². The first-order chi connectivity index (χ1) is 10.4. The zero-order valence-corrected chi connectivity index (χ0v) is 12.8. The molecular weight excluding hydrogens is 286 g/mol. The number of carboxylic acid groups (broad SMARTS) is 1. The minimum Gasteiger partial charge on any atom is -0.481 e. The first-order valence-electron chi connectivity index (χ1n) is 6.96. The summed E-state index contributed by atoms with van der Waals surface area (Å²) in [5, 5.41) is 13.8. The number of aliphatic carboxylic acids is 1. The van der Waals surface area contributed by atoms with Gasteiger partial charge in [0.2, 0.25) is 0 Å². The number of rotatable bonds is 7. The van der Waals surface area contributed by atoms with Gasteiger partial charge in [-0.3, -0.25) is 9.59 Å². The van der Waals surface area contributed by atoms with Crippen LogP contribution in [0.25, 0.3) is 0 Å². The molecule has 0 aliphatic heterocycles. The first-order valence-corrected chi connectivity index (χ1v) is 6.96. The molecule has 0 atom stereocenters. The number of nitrogens with one attached hydrogen (secondary N) is 2. The summed E-state index contributed by atoms with van der Waals surface area (Å²) in [4.78, 5) is 35.1. The molecule has 1 rings (SSSR count). The molecule has 7 heteroatoms. The third-order valence-corrected chi connectivity index (χ3v) is 3.01. The maximum absolute atomic E-state index is 11.8. The molecule has 3 N–H and O–H groups in total.